The second-order valence-electron chi connectivity index (χ2n) is 3.20. The summed E-state index contributed by atoms with van der Waals surface area (Å²) >= 11 is 14.0. The van der Waals surface area contributed by atoms with Crippen LogP contribution in [0.5, 0.6) is 0 Å². The van der Waals surface area contributed by atoms with Crippen LogP contribution in [0.4, 0.5) is 5.69 Å². The van der Waals surface area contributed by atoms with Crippen molar-refractivity contribution in [2.45, 2.75) is 0 Å². The molecule has 1 aliphatic rings. The first-order valence-corrected chi connectivity index (χ1v) is 6.46. The molecular formula is C10H11Cl2NS. The van der Waals surface area contributed by atoms with Crippen LogP contribution in [-0.2, 0) is 0 Å². The molecule has 76 valence electrons. The number of benzene rings is 1. The average Bonchev–Trinajstić information content (AvgIpc) is 2.19. The molecule has 0 N–H and O–H groups in total. The van der Waals surface area contributed by atoms with Crippen LogP contribution in [0.3, 0.4) is 0 Å². The minimum atomic E-state index is 0.699. The lowest BCUT2D eigenvalue weighted by molar-refractivity contribution is 0.859. The number of rotatable bonds is 1. The van der Waals surface area contributed by atoms with E-state index in [1.54, 1.807) is 6.07 Å². The van der Waals surface area contributed by atoms with Gasteiger partial charge in [0.1, 0.15) is 0 Å². The summed E-state index contributed by atoms with van der Waals surface area (Å²) in [4.78, 5) is 2.31. The van der Waals surface area contributed by atoms with Crippen LogP contribution in [0.2, 0.25) is 10.0 Å². The molecule has 1 aliphatic heterocycles. The molecule has 4 heteroatoms. The topological polar surface area (TPSA) is 3.24 Å². The third kappa shape index (κ3) is 2.30. The Balaban J connectivity index is 2.22. The molecule has 0 spiro atoms. The van der Waals surface area contributed by atoms with Crippen molar-refractivity contribution in [3.8, 4) is 0 Å². The standard InChI is InChI=1S/C10H11Cl2NS/c11-8-1-2-10(9(12)7-8)13-3-5-14-6-4-13/h1-2,7H,3-6H2. The SMILES string of the molecule is Clc1ccc(N2CCSCC2)c(Cl)c1. The highest BCUT2D eigenvalue weighted by Crippen LogP contribution is 2.30. The fourth-order valence-electron chi connectivity index (χ4n) is 1.54. The van der Waals surface area contributed by atoms with Crippen molar-refractivity contribution in [1.82, 2.24) is 0 Å². The maximum absolute atomic E-state index is 6.13. The summed E-state index contributed by atoms with van der Waals surface area (Å²) in [5.74, 6) is 2.36. The van der Waals surface area contributed by atoms with Gasteiger partial charge in [0.05, 0.1) is 10.7 Å². The number of hydrogen-bond donors (Lipinski definition) is 0. The molecule has 1 aromatic carbocycles. The van der Waals surface area contributed by atoms with E-state index in [1.807, 2.05) is 23.9 Å². The molecule has 2 rings (SSSR count). The molecule has 0 unspecified atom stereocenters. The van der Waals surface area contributed by atoms with E-state index in [-0.39, 0.29) is 0 Å². The monoisotopic (exact) mass is 247 g/mol. The van der Waals surface area contributed by atoms with Crippen LogP contribution in [0.1, 0.15) is 0 Å². The number of anilines is 1. The van der Waals surface area contributed by atoms with Crippen molar-refractivity contribution in [3.63, 3.8) is 0 Å². The molecule has 0 radical (unpaired) electrons. The molecule has 1 saturated heterocycles. The van der Waals surface area contributed by atoms with Crippen molar-refractivity contribution >= 4 is 40.7 Å². The highest BCUT2D eigenvalue weighted by molar-refractivity contribution is 7.99. The van der Waals surface area contributed by atoms with Gasteiger partial charge in [0.15, 0.2) is 0 Å². The molecule has 1 aromatic rings. The van der Waals surface area contributed by atoms with Crippen LogP contribution in [0.25, 0.3) is 0 Å². The fourth-order valence-corrected chi connectivity index (χ4v) is 2.97. The van der Waals surface area contributed by atoms with Gasteiger partial charge in [-0.25, -0.2) is 0 Å². The second-order valence-corrected chi connectivity index (χ2v) is 5.26. The van der Waals surface area contributed by atoms with E-state index in [1.165, 1.54) is 11.5 Å². The zero-order valence-corrected chi connectivity index (χ0v) is 10.0. The predicted octanol–water partition coefficient (Wildman–Crippen LogP) is 3.55. The van der Waals surface area contributed by atoms with Crippen molar-refractivity contribution in [3.05, 3.63) is 28.2 Å². The summed E-state index contributed by atoms with van der Waals surface area (Å²) in [5.41, 5.74) is 1.11. The third-order valence-electron chi connectivity index (χ3n) is 2.26. The zero-order chi connectivity index (χ0) is 9.97. The van der Waals surface area contributed by atoms with E-state index in [2.05, 4.69) is 4.90 Å². The van der Waals surface area contributed by atoms with Gasteiger partial charge >= 0.3 is 0 Å². The maximum Gasteiger partial charge on any atom is 0.0654 e. The maximum atomic E-state index is 6.13. The lowest BCUT2D eigenvalue weighted by atomic mass is 10.3. The molecule has 1 fully saturated rings. The van der Waals surface area contributed by atoms with Gasteiger partial charge in [0, 0.05) is 29.6 Å². The highest BCUT2D eigenvalue weighted by atomic mass is 35.5. The van der Waals surface area contributed by atoms with Crippen molar-refractivity contribution in [2.75, 3.05) is 29.5 Å². The number of thioether (sulfide) groups is 1. The Morgan fingerprint density at radius 2 is 1.86 bits per heavy atom. The first-order valence-electron chi connectivity index (χ1n) is 4.55. The highest BCUT2D eigenvalue weighted by Gasteiger charge is 2.13. The minimum Gasteiger partial charge on any atom is -0.369 e. The van der Waals surface area contributed by atoms with Crippen LogP contribution in [-0.4, -0.2) is 24.6 Å². The fraction of sp³-hybridized carbons (Fsp3) is 0.400. The normalized spacial score (nSPS) is 17.1. The summed E-state index contributed by atoms with van der Waals surface area (Å²) in [6.07, 6.45) is 0. The molecule has 0 bridgehead atoms. The molecule has 0 aliphatic carbocycles. The quantitative estimate of drug-likeness (QED) is 0.747. The Kier molecular flexibility index (Phi) is 3.47. The Labute approximate surface area is 98.4 Å². The van der Waals surface area contributed by atoms with Crippen LogP contribution in [0, 0.1) is 0 Å². The Morgan fingerprint density at radius 1 is 1.14 bits per heavy atom. The Bertz CT molecular complexity index is 324. The molecule has 1 nitrogen and oxygen atoms in total. The van der Waals surface area contributed by atoms with Gasteiger partial charge in [-0.15, -0.1) is 0 Å². The summed E-state index contributed by atoms with van der Waals surface area (Å²) in [6, 6.07) is 5.70. The van der Waals surface area contributed by atoms with Gasteiger partial charge < -0.3 is 4.90 Å². The van der Waals surface area contributed by atoms with E-state index in [0.717, 1.165) is 23.8 Å². The number of halogens is 2. The number of nitrogens with zero attached hydrogens (tertiary/aromatic N) is 1. The van der Waals surface area contributed by atoms with Crippen LogP contribution in [0.15, 0.2) is 18.2 Å². The summed E-state index contributed by atoms with van der Waals surface area (Å²) in [6.45, 7) is 2.15. The lowest BCUT2D eigenvalue weighted by Gasteiger charge is -2.29. The van der Waals surface area contributed by atoms with Gasteiger partial charge in [0.2, 0.25) is 0 Å². The minimum absolute atomic E-state index is 0.699. The summed E-state index contributed by atoms with van der Waals surface area (Å²) in [5, 5.41) is 1.45. The van der Waals surface area contributed by atoms with Gasteiger partial charge in [-0.05, 0) is 18.2 Å². The largest absolute Gasteiger partial charge is 0.369 e. The van der Waals surface area contributed by atoms with Crippen molar-refractivity contribution in [1.29, 1.82) is 0 Å². The van der Waals surface area contributed by atoms with E-state index in [4.69, 9.17) is 23.2 Å². The van der Waals surface area contributed by atoms with Gasteiger partial charge in [-0.3, -0.25) is 0 Å². The molecule has 0 saturated carbocycles. The van der Waals surface area contributed by atoms with Crippen molar-refractivity contribution in [2.24, 2.45) is 0 Å². The first kappa shape index (κ1) is 10.5. The summed E-state index contributed by atoms with van der Waals surface area (Å²) < 4.78 is 0. The Morgan fingerprint density at radius 3 is 2.50 bits per heavy atom. The van der Waals surface area contributed by atoms with Gasteiger partial charge in [0.25, 0.3) is 0 Å². The smallest absolute Gasteiger partial charge is 0.0654 e. The first-order chi connectivity index (χ1) is 6.77. The molecule has 0 atom stereocenters. The molecule has 0 aromatic heterocycles. The van der Waals surface area contributed by atoms with E-state index in [0.29, 0.717) is 5.02 Å². The molecule has 14 heavy (non-hydrogen) atoms. The van der Waals surface area contributed by atoms with E-state index in [9.17, 15) is 0 Å². The van der Waals surface area contributed by atoms with Gasteiger partial charge in [-0.1, -0.05) is 23.2 Å². The lowest BCUT2D eigenvalue weighted by Crippen LogP contribution is -2.32. The Hall–Kier alpha value is -0.0500. The van der Waals surface area contributed by atoms with E-state index >= 15 is 0 Å². The second kappa shape index (κ2) is 4.65. The molecule has 0 amide bonds. The molecular weight excluding hydrogens is 237 g/mol. The zero-order valence-electron chi connectivity index (χ0n) is 7.67. The van der Waals surface area contributed by atoms with Crippen LogP contribution >= 0.6 is 35.0 Å². The predicted molar refractivity (Wildman–Crippen MR) is 66.0 cm³/mol. The van der Waals surface area contributed by atoms with E-state index < -0.39 is 0 Å². The summed E-state index contributed by atoms with van der Waals surface area (Å²) in [7, 11) is 0. The van der Waals surface area contributed by atoms with Crippen molar-refractivity contribution < 1.29 is 0 Å². The number of hydrogen-bond acceptors (Lipinski definition) is 2. The molecule has 1 heterocycles. The van der Waals surface area contributed by atoms with Crippen LogP contribution < -0.4 is 4.90 Å². The van der Waals surface area contributed by atoms with Gasteiger partial charge in [-0.2, -0.15) is 11.8 Å². The third-order valence-corrected chi connectivity index (χ3v) is 3.74. The average molecular weight is 248 g/mol.